The normalized spacial score (nSPS) is 12.6. The zero-order valence-electron chi connectivity index (χ0n) is 9.37. The fourth-order valence-electron chi connectivity index (χ4n) is 1.31. The van der Waals surface area contributed by atoms with E-state index in [1.54, 1.807) is 9.34 Å². The van der Waals surface area contributed by atoms with E-state index in [-0.39, 0.29) is 0 Å². The molecule has 0 aliphatic carbocycles. The standard InChI is InChI=1S/C8H17Br4N2O2P/c9-1-5-13(6-2-10)17(15,16)14(7-3-11)8-4-12/h1-8H2,(H,15,16). The van der Waals surface area contributed by atoms with E-state index in [4.69, 9.17) is 0 Å². The minimum atomic E-state index is -3.43. The molecule has 1 N–H and O–H groups in total. The van der Waals surface area contributed by atoms with E-state index in [0.29, 0.717) is 47.5 Å². The van der Waals surface area contributed by atoms with Crippen molar-refractivity contribution in [2.45, 2.75) is 0 Å². The van der Waals surface area contributed by atoms with Gasteiger partial charge in [-0.1, -0.05) is 63.7 Å². The Bertz CT molecular complexity index is 216. The molecule has 17 heavy (non-hydrogen) atoms. The molecule has 0 aliphatic rings. The Morgan fingerprint density at radius 1 is 0.765 bits per heavy atom. The average Bonchev–Trinajstić information content (AvgIpc) is 2.28. The Kier molecular flexibility index (Phi) is 12.1. The van der Waals surface area contributed by atoms with Gasteiger partial charge in [0.2, 0.25) is 0 Å². The zero-order chi connectivity index (χ0) is 13.3. The van der Waals surface area contributed by atoms with E-state index in [9.17, 15) is 9.46 Å². The van der Waals surface area contributed by atoms with Crippen LogP contribution in [0.3, 0.4) is 0 Å². The Labute approximate surface area is 137 Å². The van der Waals surface area contributed by atoms with Crippen LogP contribution in [0.5, 0.6) is 0 Å². The minimum absolute atomic E-state index is 0.556. The fourth-order valence-corrected chi connectivity index (χ4v) is 5.92. The molecule has 104 valence electrons. The van der Waals surface area contributed by atoms with Crippen molar-refractivity contribution in [3.63, 3.8) is 0 Å². The SMILES string of the molecule is O=P(O)(N(CCBr)CCBr)N(CCBr)CCBr. The van der Waals surface area contributed by atoms with Crippen LogP contribution in [0, 0.1) is 0 Å². The number of rotatable bonds is 10. The molecule has 0 amide bonds. The molecule has 0 aromatic rings. The van der Waals surface area contributed by atoms with Crippen molar-refractivity contribution in [2.75, 3.05) is 47.5 Å². The van der Waals surface area contributed by atoms with Gasteiger partial charge >= 0.3 is 7.67 Å². The maximum Gasteiger partial charge on any atom is 0.343 e. The summed E-state index contributed by atoms with van der Waals surface area (Å²) in [5.74, 6) is 0. The molecule has 0 saturated heterocycles. The summed E-state index contributed by atoms with van der Waals surface area (Å²) in [5.41, 5.74) is 0. The lowest BCUT2D eigenvalue weighted by molar-refractivity contribution is 0.290. The van der Waals surface area contributed by atoms with Crippen LogP contribution in [0.15, 0.2) is 0 Å². The molecule has 0 saturated carbocycles. The van der Waals surface area contributed by atoms with Crippen LogP contribution >= 0.6 is 71.4 Å². The van der Waals surface area contributed by atoms with Crippen LogP contribution in [0.4, 0.5) is 0 Å². The number of alkyl halides is 4. The van der Waals surface area contributed by atoms with Gasteiger partial charge in [0.05, 0.1) is 0 Å². The van der Waals surface area contributed by atoms with Crippen molar-refractivity contribution in [3.8, 4) is 0 Å². The lowest BCUT2D eigenvalue weighted by Crippen LogP contribution is -2.36. The first-order chi connectivity index (χ1) is 8.04. The summed E-state index contributed by atoms with van der Waals surface area (Å²) in [7, 11) is -3.43. The molecule has 0 heterocycles. The maximum absolute atomic E-state index is 12.5. The molecule has 0 aromatic heterocycles. The quantitative estimate of drug-likeness (QED) is 0.353. The third-order valence-corrected chi connectivity index (χ3v) is 5.80. The molecule has 0 bridgehead atoms. The first-order valence-corrected chi connectivity index (χ1v) is 11.2. The van der Waals surface area contributed by atoms with Crippen molar-refractivity contribution < 1.29 is 9.46 Å². The third kappa shape index (κ3) is 6.84. The van der Waals surface area contributed by atoms with E-state index in [2.05, 4.69) is 63.7 Å². The summed E-state index contributed by atoms with van der Waals surface area (Å²) in [4.78, 5) is 10.3. The van der Waals surface area contributed by atoms with Gasteiger partial charge in [0, 0.05) is 47.5 Å². The molecule has 4 nitrogen and oxygen atoms in total. The molecular weight excluding hydrogens is 507 g/mol. The summed E-state index contributed by atoms with van der Waals surface area (Å²) >= 11 is 13.3. The summed E-state index contributed by atoms with van der Waals surface area (Å²) in [6.07, 6.45) is 0. The highest BCUT2D eigenvalue weighted by atomic mass is 79.9. The monoisotopic (exact) mass is 520 g/mol. The van der Waals surface area contributed by atoms with E-state index in [1.165, 1.54) is 0 Å². The Morgan fingerprint density at radius 2 is 1.00 bits per heavy atom. The molecule has 0 radical (unpaired) electrons. The summed E-state index contributed by atoms with van der Waals surface area (Å²) in [5, 5.41) is 2.73. The number of halogens is 4. The highest BCUT2D eigenvalue weighted by molar-refractivity contribution is 9.09. The number of nitrogens with zero attached hydrogens (tertiary/aromatic N) is 2. The third-order valence-electron chi connectivity index (χ3n) is 2.11. The summed E-state index contributed by atoms with van der Waals surface area (Å²) in [6, 6.07) is 0. The Balaban J connectivity index is 4.78. The highest BCUT2D eigenvalue weighted by Crippen LogP contribution is 2.48. The van der Waals surface area contributed by atoms with Crippen molar-refractivity contribution in [3.05, 3.63) is 0 Å². The van der Waals surface area contributed by atoms with Gasteiger partial charge in [-0.05, 0) is 0 Å². The van der Waals surface area contributed by atoms with Gasteiger partial charge in [-0.25, -0.2) is 9.34 Å². The van der Waals surface area contributed by atoms with Crippen molar-refractivity contribution in [1.29, 1.82) is 0 Å². The van der Waals surface area contributed by atoms with E-state index in [1.807, 2.05) is 0 Å². The van der Waals surface area contributed by atoms with E-state index in [0.717, 1.165) is 0 Å². The second-order valence-corrected chi connectivity index (χ2v) is 8.51. The Morgan fingerprint density at radius 3 is 1.18 bits per heavy atom. The average molecular weight is 524 g/mol. The fraction of sp³-hybridized carbons (Fsp3) is 1.00. The van der Waals surface area contributed by atoms with Crippen molar-refractivity contribution in [2.24, 2.45) is 0 Å². The van der Waals surface area contributed by atoms with Crippen molar-refractivity contribution in [1.82, 2.24) is 9.34 Å². The second-order valence-electron chi connectivity index (χ2n) is 3.18. The van der Waals surface area contributed by atoms with Gasteiger partial charge in [-0.2, -0.15) is 0 Å². The number of hydrogen-bond acceptors (Lipinski definition) is 1. The smallest absolute Gasteiger partial charge is 0.322 e. The maximum atomic E-state index is 12.5. The van der Waals surface area contributed by atoms with Crippen LogP contribution in [-0.2, 0) is 4.57 Å². The molecule has 0 aromatic carbocycles. The summed E-state index contributed by atoms with van der Waals surface area (Å²) < 4.78 is 15.8. The highest BCUT2D eigenvalue weighted by Gasteiger charge is 2.33. The lowest BCUT2D eigenvalue weighted by Gasteiger charge is -2.34. The van der Waals surface area contributed by atoms with Gasteiger partial charge in [0.15, 0.2) is 0 Å². The molecule has 0 aliphatic heterocycles. The van der Waals surface area contributed by atoms with Gasteiger partial charge in [-0.3, -0.25) is 4.57 Å². The predicted octanol–water partition coefficient (Wildman–Crippen LogP) is 3.27. The van der Waals surface area contributed by atoms with Crippen LogP contribution in [0.1, 0.15) is 0 Å². The molecule has 0 rings (SSSR count). The van der Waals surface area contributed by atoms with Gasteiger partial charge < -0.3 is 4.89 Å². The molecule has 0 atom stereocenters. The topological polar surface area (TPSA) is 43.8 Å². The van der Waals surface area contributed by atoms with Crippen molar-refractivity contribution >= 4 is 71.4 Å². The van der Waals surface area contributed by atoms with Gasteiger partial charge in [0.1, 0.15) is 0 Å². The van der Waals surface area contributed by atoms with Gasteiger partial charge in [0.25, 0.3) is 0 Å². The number of hydrogen-bond donors (Lipinski definition) is 1. The van der Waals surface area contributed by atoms with Crippen LogP contribution in [-0.4, -0.2) is 61.7 Å². The predicted molar refractivity (Wildman–Crippen MR) is 88.1 cm³/mol. The first kappa shape index (κ1) is 19.0. The molecule has 0 unspecified atom stereocenters. The Hall–Kier alpha value is 2.03. The van der Waals surface area contributed by atoms with Crippen LogP contribution < -0.4 is 0 Å². The molecule has 0 spiro atoms. The first-order valence-electron chi connectivity index (χ1n) is 5.12. The largest absolute Gasteiger partial charge is 0.343 e. The summed E-state index contributed by atoms with van der Waals surface area (Å²) in [6.45, 7) is 2.22. The van der Waals surface area contributed by atoms with Crippen LogP contribution in [0.2, 0.25) is 0 Å². The molecular formula is C8H17Br4N2O2P. The second kappa shape index (κ2) is 10.8. The molecule has 9 heteroatoms. The van der Waals surface area contributed by atoms with E-state index >= 15 is 0 Å². The zero-order valence-corrected chi connectivity index (χ0v) is 16.6. The minimum Gasteiger partial charge on any atom is -0.322 e. The molecule has 0 fully saturated rings. The lowest BCUT2D eigenvalue weighted by atomic mass is 10.7. The van der Waals surface area contributed by atoms with Gasteiger partial charge in [-0.15, -0.1) is 0 Å². The van der Waals surface area contributed by atoms with Crippen LogP contribution in [0.25, 0.3) is 0 Å². The van der Waals surface area contributed by atoms with E-state index < -0.39 is 7.67 Å².